The van der Waals surface area contributed by atoms with Crippen molar-refractivity contribution in [2.75, 3.05) is 12.4 Å². The molecule has 1 aliphatic rings. The highest BCUT2D eigenvalue weighted by molar-refractivity contribution is 7.15. The summed E-state index contributed by atoms with van der Waals surface area (Å²) in [7, 11) is 1.57. The summed E-state index contributed by atoms with van der Waals surface area (Å²) in [6, 6.07) is 8.79. The van der Waals surface area contributed by atoms with Gasteiger partial charge in [0.05, 0.1) is 18.8 Å². The van der Waals surface area contributed by atoms with Gasteiger partial charge in [0.25, 0.3) is 0 Å². The molecule has 0 aliphatic heterocycles. The van der Waals surface area contributed by atoms with Gasteiger partial charge in [0.15, 0.2) is 0 Å². The van der Waals surface area contributed by atoms with E-state index in [0.717, 1.165) is 12.8 Å². The number of nitrogens with one attached hydrogen (secondary N) is 2. The fourth-order valence-electron chi connectivity index (χ4n) is 3.89. The molecule has 1 aromatic carbocycles. The molecule has 4 rings (SSSR count). The molecule has 1 aliphatic carbocycles. The Labute approximate surface area is 179 Å². The molecule has 0 saturated heterocycles. The van der Waals surface area contributed by atoms with Crippen LogP contribution in [0.3, 0.4) is 0 Å². The molecule has 2 amide bonds. The molecule has 0 fully saturated rings. The second-order valence-corrected chi connectivity index (χ2v) is 8.70. The van der Waals surface area contributed by atoms with E-state index in [2.05, 4.69) is 27.6 Å². The van der Waals surface area contributed by atoms with Gasteiger partial charge >= 0.3 is 6.03 Å². The highest BCUT2D eigenvalue weighted by Crippen LogP contribution is 2.40. The van der Waals surface area contributed by atoms with Crippen molar-refractivity contribution in [3.05, 3.63) is 63.8 Å². The summed E-state index contributed by atoms with van der Waals surface area (Å²) in [6.07, 6.45) is 8.73. The summed E-state index contributed by atoms with van der Waals surface area (Å²) in [6.45, 7) is 2.04. The van der Waals surface area contributed by atoms with Crippen molar-refractivity contribution in [1.82, 2.24) is 9.88 Å². The van der Waals surface area contributed by atoms with Gasteiger partial charge in [0.1, 0.15) is 10.8 Å². The van der Waals surface area contributed by atoms with Gasteiger partial charge in [0, 0.05) is 27.9 Å². The standard InChI is InChI=1S/C22H24ClN3O2S/c1-14(24-22(27)25-17-13-15(23)9-10-18(17)28-2)20-16-7-3-4-8-19(16)29-21(20)26-11-5-6-12-26/h5-6,9-14H,3-4,7-8H2,1-2H3,(H2,24,25,27)/t14-/m1/s1. The first-order valence-corrected chi connectivity index (χ1v) is 10.9. The lowest BCUT2D eigenvalue weighted by Gasteiger charge is -2.20. The Kier molecular flexibility index (Phi) is 5.83. The van der Waals surface area contributed by atoms with Crippen LogP contribution >= 0.6 is 22.9 Å². The van der Waals surface area contributed by atoms with Crippen molar-refractivity contribution in [2.45, 2.75) is 38.6 Å². The van der Waals surface area contributed by atoms with E-state index in [1.54, 1.807) is 25.3 Å². The van der Waals surface area contributed by atoms with E-state index in [1.807, 2.05) is 30.4 Å². The number of rotatable bonds is 5. The smallest absolute Gasteiger partial charge is 0.319 e. The van der Waals surface area contributed by atoms with Gasteiger partial charge in [0.2, 0.25) is 0 Å². The van der Waals surface area contributed by atoms with Crippen molar-refractivity contribution in [2.24, 2.45) is 0 Å². The Balaban J connectivity index is 1.59. The normalized spacial score (nSPS) is 14.2. The molecule has 2 heterocycles. The van der Waals surface area contributed by atoms with E-state index >= 15 is 0 Å². The van der Waals surface area contributed by atoms with Crippen LogP contribution in [0.1, 0.15) is 41.8 Å². The number of aromatic nitrogens is 1. The largest absolute Gasteiger partial charge is 0.495 e. The van der Waals surface area contributed by atoms with Gasteiger partial charge in [-0.1, -0.05) is 11.6 Å². The van der Waals surface area contributed by atoms with Crippen molar-refractivity contribution in [1.29, 1.82) is 0 Å². The zero-order valence-corrected chi connectivity index (χ0v) is 18.1. The lowest BCUT2D eigenvalue weighted by molar-refractivity contribution is 0.249. The Morgan fingerprint density at radius 3 is 2.76 bits per heavy atom. The molecule has 1 atom stereocenters. The number of ether oxygens (including phenoxy) is 1. The molecule has 0 bridgehead atoms. The summed E-state index contributed by atoms with van der Waals surface area (Å²) >= 11 is 7.91. The molecule has 2 aromatic heterocycles. The second-order valence-electron chi connectivity index (χ2n) is 7.18. The van der Waals surface area contributed by atoms with Crippen LogP contribution in [0.5, 0.6) is 5.75 Å². The summed E-state index contributed by atoms with van der Waals surface area (Å²) in [5.41, 5.74) is 3.16. The van der Waals surface area contributed by atoms with Crippen molar-refractivity contribution < 1.29 is 9.53 Å². The lowest BCUT2D eigenvalue weighted by atomic mass is 9.93. The third kappa shape index (κ3) is 4.14. The summed E-state index contributed by atoms with van der Waals surface area (Å²) in [5.74, 6) is 0.568. The first kappa shape index (κ1) is 19.9. The minimum Gasteiger partial charge on any atom is -0.495 e. The van der Waals surface area contributed by atoms with Crippen molar-refractivity contribution in [3.63, 3.8) is 0 Å². The van der Waals surface area contributed by atoms with Gasteiger partial charge in [-0.05, 0) is 68.5 Å². The predicted molar refractivity (Wildman–Crippen MR) is 119 cm³/mol. The molecular formula is C22H24ClN3O2S. The van der Waals surface area contributed by atoms with E-state index in [9.17, 15) is 4.79 Å². The van der Waals surface area contributed by atoms with E-state index < -0.39 is 0 Å². The van der Waals surface area contributed by atoms with Gasteiger partial charge in [-0.25, -0.2) is 4.79 Å². The molecule has 152 valence electrons. The Bertz CT molecular complexity index is 1010. The zero-order chi connectivity index (χ0) is 20.4. The van der Waals surface area contributed by atoms with Crippen LogP contribution in [0.4, 0.5) is 10.5 Å². The molecule has 29 heavy (non-hydrogen) atoms. The number of carbonyl (C=O) groups excluding carboxylic acids is 1. The predicted octanol–water partition coefficient (Wildman–Crippen LogP) is 5.96. The van der Waals surface area contributed by atoms with Crippen LogP contribution in [-0.4, -0.2) is 17.7 Å². The first-order chi connectivity index (χ1) is 14.1. The monoisotopic (exact) mass is 429 g/mol. The number of carbonyl (C=O) groups is 1. The Morgan fingerprint density at radius 2 is 2.00 bits per heavy atom. The molecule has 5 nitrogen and oxygen atoms in total. The van der Waals surface area contributed by atoms with Gasteiger partial charge in [-0.15, -0.1) is 11.3 Å². The second kappa shape index (κ2) is 8.51. The fraction of sp³-hybridized carbons (Fsp3) is 0.318. The van der Waals surface area contributed by atoms with Gasteiger partial charge in [-0.2, -0.15) is 0 Å². The quantitative estimate of drug-likeness (QED) is 0.525. The highest BCUT2D eigenvalue weighted by atomic mass is 35.5. The number of aryl methyl sites for hydroxylation is 1. The van der Waals surface area contributed by atoms with Crippen LogP contribution in [0.2, 0.25) is 5.02 Å². The molecule has 3 aromatic rings. The average molecular weight is 430 g/mol. The number of methoxy groups -OCH3 is 1. The Morgan fingerprint density at radius 1 is 1.24 bits per heavy atom. The minimum absolute atomic E-state index is 0.129. The summed E-state index contributed by atoms with van der Waals surface area (Å²) in [4.78, 5) is 14.2. The third-order valence-corrected chi connectivity index (χ3v) is 6.78. The molecule has 0 radical (unpaired) electrons. The highest BCUT2D eigenvalue weighted by Gasteiger charge is 2.26. The maximum Gasteiger partial charge on any atom is 0.319 e. The first-order valence-electron chi connectivity index (χ1n) is 9.75. The van der Waals surface area contributed by atoms with E-state index in [1.165, 1.54) is 33.8 Å². The van der Waals surface area contributed by atoms with Gasteiger partial charge < -0.3 is 19.9 Å². The number of urea groups is 1. The lowest BCUT2D eigenvalue weighted by Crippen LogP contribution is -2.32. The van der Waals surface area contributed by atoms with Crippen molar-refractivity contribution in [3.8, 4) is 10.8 Å². The SMILES string of the molecule is COc1ccc(Cl)cc1NC(=O)N[C@H](C)c1c(-n2cccc2)sc2c1CCCC2. The van der Waals surface area contributed by atoms with Crippen molar-refractivity contribution >= 4 is 34.7 Å². The molecule has 2 N–H and O–H groups in total. The average Bonchev–Trinajstić information content (AvgIpc) is 3.35. The van der Waals surface area contributed by atoms with Crippen LogP contribution < -0.4 is 15.4 Å². The van der Waals surface area contributed by atoms with Crippen LogP contribution in [0.15, 0.2) is 42.7 Å². The van der Waals surface area contributed by atoms with Crippen LogP contribution in [-0.2, 0) is 12.8 Å². The van der Waals surface area contributed by atoms with E-state index in [0.29, 0.717) is 16.5 Å². The maximum absolute atomic E-state index is 12.7. The molecular weight excluding hydrogens is 406 g/mol. The zero-order valence-electron chi connectivity index (χ0n) is 16.5. The summed E-state index contributed by atoms with van der Waals surface area (Å²) < 4.78 is 7.47. The third-order valence-electron chi connectivity index (χ3n) is 5.22. The molecule has 0 unspecified atom stereocenters. The Hall–Kier alpha value is -2.44. The van der Waals surface area contributed by atoms with E-state index in [-0.39, 0.29) is 12.1 Å². The number of benzene rings is 1. The molecule has 7 heteroatoms. The number of fused-ring (bicyclic) bond motifs is 1. The van der Waals surface area contributed by atoms with Crippen LogP contribution in [0.25, 0.3) is 5.00 Å². The number of amides is 2. The number of hydrogen-bond acceptors (Lipinski definition) is 3. The van der Waals surface area contributed by atoms with Crippen LogP contribution in [0, 0.1) is 0 Å². The molecule has 0 spiro atoms. The topological polar surface area (TPSA) is 55.3 Å². The van der Waals surface area contributed by atoms with E-state index in [4.69, 9.17) is 16.3 Å². The summed E-state index contributed by atoms with van der Waals surface area (Å²) in [5, 5.41) is 7.69. The number of anilines is 1. The number of halogens is 1. The number of thiophene rings is 1. The maximum atomic E-state index is 12.7. The minimum atomic E-state index is -0.285. The molecule has 0 saturated carbocycles. The van der Waals surface area contributed by atoms with Gasteiger partial charge in [-0.3, -0.25) is 0 Å². The fourth-order valence-corrected chi connectivity index (χ4v) is 5.51. The number of hydrogen-bond donors (Lipinski definition) is 2. The number of nitrogens with zero attached hydrogens (tertiary/aromatic N) is 1.